The number of hydrogen-bond donors (Lipinski definition) is 4. The number of anilines is 1. The Morgan fingerprint density at radius 2 is 1.85 bits per heavy atom. The van der Waals surface area contributed by atoms with Crippen LogP contribution in [-0.4, -0.2) is 64.2 Å². The van der Waals surface area contributed by atoms with Crippen molar-refractivity contribution in [1.82, 2.24) is 10.2 Å². The highest BCUT2D eigenvalue weighted by Crippen LogP contribution is 2.42. The number of carbonyl (C=O) groups excluding carboxylic acids is 1. The van der Waals surface area contributed by atoms with Crippen molar-refractivity contribution in [2.45, 2.75) is 57.1 Å². The number of halogens is 1. The standard InChI is InChI=1S/C19H26ClN3O2.C4H4O4/c1-12-10-13-16(21)15(20)11-14(17(13)25-12)18(24)22-7-6-19-4-2-8-23(19)9-3-5-19;5-3(6)1-2-4(7)8/h11-12H,2-10,21H2,1H3,(H,22,24);1-2H,(H,5,6)(H,7,8)/b;2-1+/t12-;/m0./s1. The number of carboxylic acid groups (broad SMARTS) is 2. The first-order valence-corrected chi connectivity index (χ1v) is 11.5. The number of fused-ring (bicyclic) bond motifs is 2. The van der Waals surface area contributed by atoms with Crippen LogP contribution in [0.15, 0.2) is 18.2 Å². The molecule has 5 N–H and O–H groups in total. The average molecular weight is 480 g/mol. The molecule has 0 saturated carbocycles. The maximum Gasteiger partial charge on any atom is 0.328 e. The number of amides is 1. The Balaban J connectivity index is 0.000000331. The normalized spacial score (nSPS) is 20.5. The second kappa shape index (κ2) is 10.4. The van der Waals surface area contributed by atoms with Crippen molar-refractivity contribution in [3.05, 3.63) is 34.4 Å². The van der Waals surface area contributed by atoms with Crippen molar-refractivity contribution >= 4 is 35.1 Å². The molecule has 1 aromatic rings. The predicted molar refractivity (Wildman–Crippen MR) is 124 cm³/mol. The van der Waals surface area contributed by atoms with Gasteiger partial charge in [0.1, 0.15) is 11.9 Å². The molecule has 3 aliphatic heterocycles. The van der Waals surface area contributed by atoms with Gasteiger partial charge in [-0.05, 0) is 58.2 Å². The number of carboxylic acids is 2. The fourth-order valence-corrected chi connectivity index (χ4v) is 5.24. The molecule has 0 aromatic heterocycles. The fraction of sp³-hybridized carbons (Fsp3) is 0.522. The van der Waals surface area contributed by atoms with Crippen molar-refractivity contribution < 1.29 is 29.3 Å². The summed E-state index contributed by atoms with van der Waals surface area (Å²) < 4.78 is 5.84. The van der Waals surface area contributed by atoms with E-state index in [0.29, 0.717) is 52.7 Å². The minimum atomic E-state index is -1.26. The van der Waals surface area contributed by atoms with Gasteiger partial charge in [-0.1, -0.05) is 11.6 Å². The summed E-state index contributed by atoms with van der Waals surface area (Å²) in [6.45, 7) is 5.08. The van der Waals surface area contributed by atoms with Crippen LogP contribution in [0.3, 0.4) is 0 Å². The molecule has 0 unspecified atom stereocenters. The molecule has 0 radical (unpaired) electrons. The molecule has 1 atom stereocenters. The Bertz CT molecular complexity index is 938. The highest BCUT2D eigenvalue weighted by Gasteiger charge is 2.43. The van der Waals surface area contributed by atoms with Crippen LogP contribution in [0.1, 0.15) is 54.9 Å². The van der Waals surface area contributed by atoms with E-state index in [-0.39, 0.29) is 12.0 Å². The largest absolute Gasteiger partial charge is 0.489 e. The smallest absolute Gasteiger partial charge is 0.328 e. The van der Waals surface area contributed by atoms with Crippen molar-refractivity contribution in [3.8, 4) is 5.75 Å². The van der Waals surface area contributed by atoms with E-state index < -0.39 is 11.9 Å². The van der Waals surface area contributed by atoms with E-state index in [1.54, 1.807) is 6.07 Å². The average Bonchev–Trinajstić information content (AvgIpc) is 3.43. The molecule has 0 aliphatic carbocycles. The predicted octanol–water partition coefficient (Wildman–Crippen LogP) is 2.71. The van der Waals surface area contributed by atoms with Crippen LogP contribution in [0.5, 0.6) is 5.75 Å². The first-order valence-electron chi connectivity index (χ1n) is 11.1. The molecule has 1 aromatic carbocycles. The molecule has 3 aliphatic rings. The summed E-state index contributed by atoms with van der Waals surface area (Å²) >= 11 is 6.23. The van der Waals surface area contributed by atoms with Gasteiger partial charge < -0.3 is 26.0 Å². The molecule has 9 nitrogen and oxygen atoms in total. The Morgan fingerprint density at radius 1 is 1.24 bits per heavy atom. The summed E-state index contributed by atoms with van der Waals surface area (Å²) in [5.74, 6) is -2.03. The molecule has 10 heteroatoms. The van der Waals surface area contributed by atoms with E-state index in [1.807, 2.05) is 6.92 Å². The molecule has 4 rings (SSSR count). The zero-order valence-electron chi connectivity index (χ0n) is 18.6. The van der Waals surface area contributed by atoms with Gasteiger partial charge in [-0.3, -0.25) is 9.69 Å². The quantitative estimate of drug-likeness (QED) is 0.360. The minimum Gasteiger partial charge on any atom is -0.489 e. The van der Waals surface area contributed by atoms with Gasteiger partial charge in [-0.25, -0.2) is 9.59 Å². The number of hydrogen-bond acceptors (Lipinski definition) is 6. The third-order valence-electron chi connectivity index (χ3n) is 6.48. The van der Waals surface area contributed by atoms with Gasteiger partial charge >= 0.3 is 11.9 Å². The first-order chi connectivity index (χ1) is 15.6. The van der Waals surface area contributed by atoms with Crippen LogP contribution in [0.2, 0.25) is 5.02 Å². The summed E-state index contributed by atoms with van der Waals surface area (Å²) in [7, 11) is 0. The molecule has 3 heterocycles. The number of ether oxygens (including phenoxy) is 1. The fourth-order valence-electron chi connectivity index (χ4n) is 5.02. The lowest BCUT2D eigenvalue weighted by Crippen LogP contribution is -2.41. The maximum absolute atomic E-state index is 12.7. The van der Waals surface area contributed by atoms with Gasteiger partial charge in [-0.15, -0.1) is 0 Å². The van der Waals surface area contributed by atoms with Crippen molar-refractivity contribution in [2.24, 2.45) is 0 Å². The molecule has 180 valence electrons. The number of rotatable bonds is 6. The Hall–Kier alpha value is -2.78. The lowest BCUT2D eigenvalue weighted by Gasteiger charge is -2.32. The van der Waals surface area contributed by atoms with Crippen LogP contribution >= 0.6 is 11.6 Å². The zero-order valence-corrected chi connectivity index (χ0v) is 19.4. The van der Waals surface area contributed by atoms with Crippen LogP contribution in [0.4, 0.5) is 5.69 Å². The number of nitrogens with zero attached hydrogens (tertiary/aromatic N) is 1. The van der Waals surface area contributed by atoms with Crippen LogP contribution < -0.4 is 15.8 Å². The third-order valence-corrected chi connectivity index (χ3v) is 6.80. The number of carbonyl (C=O) groups is 3. The van der Waals surface area contributed by atoms with Crippen LogP contribution in [-0.2, 0) is 16.0 Å². The topological polar surface area (TPSA) is 142 Å². The summed E-state index contributed by atoms with van der Waals surface area (Å²) in [5.41, 5.74) is 8.27. The van der Waals surface area contributed by atoms with Crippen LogP contribution in [0, 0.1) is 0 Å². The van der Waals surface area contributed by atoms with Crippen LogP contribution in [0.25, 0.3) is 0 Å². The highest BCUT2D eigenvalue weighted by molar-refractivity contribution is 6.33. The SMILES string of the molecule is C[C@H]1Cc2c(N)c(Cl)cc(C(=O)NCCC34CCCN3CCC4)c2O1.O=C(O)/C=C/C(=O)O. The third kappa shape index (κ3) is 5.78. The lowest BCUT2D eigenvalue weighted by atomic mass is 9.90. The molecular formula is C23H30ClN3O6. The van der Waals surface area contributed by atoms with Gasteiger partial charge in [0.25, 0.3) is 5.91 Å². The Morgan fingerprint density at radius 3 is 2.42 bits per heavy atom. The van der Waals surface area contributed by atoms with E-state index in [4.69, 9.17) is 32.3 Å². The summed E-state index contributed by atoms with van der Waals surface area (Å²) in [6.07, 6.45) is 7.92. The zero-order chi connectivity index (χ0) is 24.2. The van der Waals surface area contributed by atoms with Crippen molar-refractivity contribution in [2.75, 3.05) is 25.4 Å². The second-order valence-corrected chi connectivity index (χ2v) is 9.10. The van der Waals surface area contributed by atoms with Gasteiger partial charge in [-0.2, -0.15) is 0 Å². The van der Waals surface area contributed by atoms with E-state index in [9.17, 15) is 14.4 Å². The lowest BCUT2D eigenvalue weighted by molar-refractivity contribution is -0.134. The molecule has 2 fully saturated rings. The minimum absolute atomic E-state index is 0.0201. The number of nitrogens with two attached hydrogens (primary N) is 1. The number of nitrogen functional groups attached to an aromatic ring is 1. The molecular weight excluding hydrogens is 450 g/mol. The summed E-state index contributed by atoms with van der Waals surface area (Å²) in [4.78, 5) is 34.5. The molecule has 2 saturated heterocycles. The highest BCUT2D eigenvalue weighted by atomic mass is 35.5. The van der Waals surface area contributed by atoms with Gasteiger partial charge in [0, 0.05) is 36.2 Å². The van der Waals surface area contributed by atoms with Crippen molar-refractivity contribution in [1.29, 1.82) is 0 Å². The molecule has 33 heavy (non-hydrogen) atoms. The van der Waals surface area contributed by atoms with Gasteiger partial charge in [0.2, 0.25) is 0 Å². The van der Waals surface area contributed by atoms with Crippen molar-refractivity contribution in [3.63, 3.8) is 0 Å². The maximum atomic E-state index is 12.7. The summed E-state index contributed by atoms with van der Waals surface area (Å²) in [5, 5.41) is 19.1. The first kappa shape index (κ1) is 24.9. The number of benzene rings is 1. The summed E-state index contributed by atoms with van der Waals surface area (Å²) in [6, 6.07) is 1.64. The Labute approximate surface area is 197 Å². The molecule has 0 spiro atoms. The van der Waals surface area contributed by atoms with Gasteiger partial charge in [0.15, 0.2) is 0 Å². The Kier molecular flexibility index (Phi) is 7.86. The molecule has 1 amide bonds. The van der Waals surface area contributed by atoms with E-state index in [0.717, 1.165) is 12.0 Å². The van der Waals surface area contributed by atoms with E-state index in [1.165, 1.54) is 38.8 Å². The molecule has 0 bridgehead atoms. The van der Waals surface area contributed by atoms with E-state index in [2.05, 4.69) is 10.2 Å². The number of nitrogens with one attached hydrogen (secondary N) is 1. The van der Waals surface area contributed by atoms with E-state index >= 15 is 0 Å². The monoisotopic (exact) mass is 479 g/mol. The van der Waals surface area contributed by atoms with Gasteiger partial charge in [0.05, 0.1) is 16.3 Å². The number of aliphatic carboxylic acids is 2. The second-order valence-electron chi connectivity index (χ2n) is 8.69.